The predicted molar refractivity (Wildman–Crippen MR) is 99.9 cm³/mol. The number of hydrogen-bond donors (Lipinski definition) is 2. The molecule has 9 nitrogen and oxygen atoms in total. The Morgan fingerprint density at radius 2 is 2.07 bits per heavy atom. The van der Waals surface area contributed by atoms with E-state index in [1.807, 2.05) is 6.07 Å². The van der Waals surface area contributed by atoms with Crippen molar-refractivity contribution in [1.82, 2.24) is 18.5 Å². The normalized spacial score (nSPS) is 25.4. The van der Waals surface area contributed by atoms with Gasteiger partial charge in [0, 0.05) is 58.0 Å². The molecule has 2 aliphatic rings. The van der Waals surface area contributed by atoms with Gasteiger partial charge in [0.25, 0.3) is 15.8 Å². The third-order valence-corrected chi connectivity index (χ3v) is 6.96. The number of rotatable bonds is 7. The Morgan fingerprint density at radius 3 is 2.74 bits per heavy atom. The molecule has 1 aromatic rings. The summed E-state index contributed by atoms with van der Waals surface area (Å²) in [6.45, 7) is 1.94. The molecule has 27 heavy (non-hydrogen) atoms. The summed E-state index contributed by atoms with van der Waals surface area (Å²) in [5, 5.41) is 8.97. The van der Waals surface area contributed by atoms with Crippen LogP contribution in [0.4, 0.5) is 0 Å². The Labute approximate surface area is 158 Å². The van der Waals surface area contributed by atoms with E-state index in [1.54, 1.807) is 10.6 Å². The molecule has 1 saturated heterocycles. The maximum absolute atomic E-state index is 12.5. The number of piperidine rings is 1. The van der Waals surface area contributed by atoms with Crippen LogP contribution in [0.15, 0.2) is 23.0 Å². The van der Waals surface area contributed by atoms with Crippen LogP contribution in [0.2, 0.25) is 0 Å². The summed E-state index contributed by atoms with van der Waals surface area (Å²) >= 11 is 0. The summed E-state index contributed by atoms with van der Waals surface area (Å²) in [5.41, 5.74) is 0.767. The summed E-state index contributed by atoms with van der Waals surface area (Å²) in [4.78, 5) is 25.6. The van der Waals surface area contributed by atoms with Gasteiger partial charge in [-0.1, -0.05) is 6.07 Å². The van der Waals surface area contributed by atoms with Crippen molar-refractivity contribution in [3.63, 3.8) is 0 Å². The van der Waals surface area contributed by atoms with E-state index in [1.165, 1.54) is 20.2 Å². The number of fused-ring (bicyclic) bond motifs is 4. The molecule has 0 aliphatic carbocycles. The highest BCUT2D eigenvalue weighted by Gasteiger charge is 2.40. The molecular weight excluding hydrogens is 372 g/mol. The molecular formula is C17H26N4O5S. The van der Waals surface area contributed by atoms with Crippen molar-refractivity contribution in [2.45, 2.75) is 24.8 Å². The fourth-order valence-electron chi connectivity index (χ4n) is 4.15. The van der Waals surface area contributed by atoms with Crippen LogP contribution in [-0.2, 0) is 15.0 Å². The SMILES string of the molecule is CN(C)S(=O)(=O)NC[C@H]1[C@H]2C[C@H](CN(CCC(=O)O)C2)c2cccc(=O)n21. The number of nitrogens with one attached hydrogen (secondary N) is 1. The monoisotopic (exact) mass is 398 g/mol. The molecule has 150 valence electrons. The zero-order chi connectivity index (χ0) is 19.8. The van der Waals surface area contributed by atoms with Crippen molar-refractivity contribution in [3.8, 4) is 0 Å². The Morgan fingerprint density at radius 1 is 1.33 bits per heavy atom. The Kier molecular flexibility index (Phi) is 5.71. The van der Waals surface area contributed by atoms with E-state index >= 15 is 0 Å². The number of aromatic nitrogens is 1. The zero-order valence-corrected chi connectivity index (χ0v) is 16.4. The van der Waals surface area contributed by atoms with E-state index in [-0.39, 0.29) is 36.4 Å². The lowest BCUT2D eigenvalue weighted by Gasteiger charge is -2.47. The molecule has 0 saturated carbocycles. The topological polar surface area (TPSA) is 112 Å². The van der Waals surface area contributed by atoms with E-state index in [0.717, 1.165) is 16.4 Å². The Balaban J connectivity index is 1.88. The summed E-state index contributed by atoms with van der Waals surface area (Å²) in [5.74, 6) is -0.610. The molecule has 1 aromatic heterocycles. The first-order chi connectivity index (χ1) is 12.7. The minimum atomic E-state index is -3.60. The number of pyridine rings is 1. The number of aliphatic carboxylic acids is 1. The van der Waals surface area contributed by atoms with Gasteiger partial charge in [0.2, 0.25) is 0 Å². The van der Waals surface area contributed by atoms with Crippen LogP contribution in [-0.4, -0.2) is 73.5 Å². The highest BCUT2D eigenvalue weighted by Crippen LogP contribution is 2.40. The fourth-order valence-corrected chi connectivity index (χ4v) is 4.79. The Hall–Kier alpha value is -1.75. The van der Waals surface area contributed by atoms with E-state index in [2.05, 4.69) is 9.62 Å². The molecule has 10 heteroatoms. The summed E-state index contributed by atoms with van der Waals surface area (Å²) in [6.07, 6.45) is 0.931. The number of carboxylic acid groups (broad SMARTS) is 1. The smallest absolute Gasteiger partial charge is 0.304 e. The lowest BCUT2D eigenvalue weighted by Crippen LogP contribution is -2.52. The number of carbonyl (C=O) groups is 1. The molecule has 1 fully saturated rings. The number of nitrogens with zero attached hydrogens (tertiary/aromatic N) is 3. The lowest BCUT2D eigenvalue weighted by molar-refractivity contribution is -0.137. The maximum Gasteiger partial charge on any atom is 0.304 e. The molecule has 3 heterocycles. The van der Waals surface area contributed by atoms with Crippen molar-refractivity contribution in [1.29, 1.82) is 0 Å². The second-order valence-electron chi connectivity index (χ2n) is 7.46. The molecule has 3 atom stereocenters. The molecule has 2 N–H and O–H groups in total. The average Bonchev–Trinajstić information content (AvgIpc) is 2.60. The van der Waals surface area contributed by atoms with Crippen LogP contribution in [0.1, 0.15) is 30.5 Å². The molecule has 3 rings (SSSR count). The minimum absolute atomic E-state index is 0.0684. The van der Waals surface area contributed by atoms with Gasteiger partial charge >= 0.3 is 5.97 Å². The van der Waals surface area contributed by atoms with Crippen LogP contribution in [0.3, 0.4) is 0 Å². The zero-order valence-electron chi connectivity index (χ0n) is 15.5. The minimum Gasteiger partial charge on any atom is -0.481 e. The predicted octanol–water partition coefficient (Wildman–Crippen LogP) is -0.321. The van der Waals surface area contributed by atoms with Gasteiger partial charge in [-0.2, -0.15) is 12.7 Å². The second-order valence-corrected chi connectivity index (χ2v) is 9.43. The number of hydrogen-bond acceptors (Lipinski definition) is 5. The van der Waals surface area contributed by atoms with Crippen molar-refractivity contribution >= 4 is 16.2 Å². The average molecular weight is 398 g/mol. The van der Waals surface area contributed by atoms with Crippen LogP contribution in [0.25, 0.3) is 0 Å². The highest BCUT2D eigenvalue weighted by molar-refractivity contribution is 7.87. The van der Waals surface area contributed by atoms with Crippen LogP contribution < -0.4 is 10.3 Å². The molecule has 0 radical (unpaired) electrons. The standard InChI is InChI=1S/C17H26N4O5S/c1-19(2)27(25,26)18-9-15-13-8-12(10-20(11-13)7-6-17(23)24)14-4-3-5-16(22)21(14)15/h3-5,12-13,15,18H,6-11H2,1-2H3,(H,23,24)/t12-,13+,15+/m1/s1. The van der Waals surface area contributed by atoms with Gasteiger partial charge in [0.05, 0.1) is 12.5 Å². The van der Waals surface area contributed by atoms with Gasteiger partial charge in [0.1, 0.15) is 0 Å². The molecule has 0 unspecified atom stereocenters. The summed E-state index contributed by atoms with van der Waals surface area (Å²) in [6, 6.07) is 4.84. The van der Waals surface area contributed by atoms with Crippen LogP contribution in [0.5, 0.6) is 0 Å². The third kappa shape index (κ3) is 4.23. The van der Waals surface area contributed by atoms with E-state index in [4.69, 9.17) is 5.11 Å². The quantitative estimate of drug-likeness (QED) is 0.651. The molecule has 0 amide bonds. The van der Waals surface area contributed by atoms with Crippen LogP contribution >= 0.6 is 0 Å². The van der Waals surface area contributed by atoms with Crippen molar-refractivity contribution in [3.05, 3.63) is 34.2 Å². The van der Waals surface area contributed by atoms with Gasteiger partial charge in [0.15, 0.2) is 0 Å². The van der Waals surface area contributed by atoms with E-state index < -0.39 is 16.2 Å². The van der Waals surface area contributed by atoms with Gasteiger partial charge in [-0.15, -0.1) is 0 Å². The first kappa shape index (κ1) is 20.0. The van der Waals surface area contributed by atoms with Gasteiger partial charge in [-0.25, -0.2) is 4.72 Å². The van der Waals surface area contributed by atoms with Gasteiger partial charge in [-0.05, 0) is 18.4 Å². The van der Waals surface area contributed by atoms with E-state index in [0.29, 0.717) is 19.6 Å². The third-order valence-electron chi connectivity index (χ3n) is 5.47. The van der Waals surface area contributed by atoms with Crippen molar-refractivity contribution < 1.29 is 18.3 Å². The first-order valence-electron chi connectivity index (χ1n) is 9.01. The first-order valence-corrected chi connectivity index (χ1v) is 10.5. The summed E-state index contributed by atoms with van der Waals surface area (Å²) in [7, 11) is -0.695. The largest absolute Gasteiger partial charge is 0.481 e. The second kappa shape index (κ2) is 7.70. The lowest BCUT2D eigenvalue weighted by atomic mass is 9.78. The fraction of sp³-hybridized carbons (Fsp3) is 0.647. The highest BCUT2D eigenvalue weighted by atomic mass is 32.2. The van der Waals surface area contributed by atoms with Crippen molar-refractivity contribution in [2.75, 3.05) is 40.3 Å². The van der Waals surface area contributed by atoms with E-state index in [9.17, 15) is 18.0 Å². The molecule has 2 aliphatic heterocycles. The van der Waals surface area contributed by atoms with Crippen molar-refractivity contribution in [2.24, 2.45) is 5.92 Å². The number of likely N-dealkylation sites (tertiary alicyclic amines) is 1. The Bertz CT molecular complexity index is 866. The molecule has 2 bridgehead atoms. The molecule has 0 spiro atoms. The molecule has 0 aromatic carbocycles. The number of carboxylic acids is 1. The van der Waals surface area contributed by atoms with Crippen LogP contribution in [0, 0.1) is 5.92 Å². The van der Waals surface area contributed by atoms with Gasteiger partial charge < -0.3 is 14.6 Å². The van der Waals surface area contributed by atoms with Gasteiger partial charge in [-0.3, -0.25) is 9.59 Å². The maximum atomic E-state index is 12.5. The summed E-state index contributed by atoms with van der Waals surface area (Å²) < 4.78 is 29.7.